The van der Waals surface area contributed by atoms with Gasteiger partial charge in [0.25, 0.3) is 5.91 Å². The monoisotopic (exact) mass is 483 g/mol. The molecule has 2 aliphatic carbocycles. The Morgan fingerprint density at radius 3 is 2.55 bits per heavy atom. The maximum absolute atomic E-state index is 13.3. The van der Waals surface area contributed by atoms with Crippen LogP contribution >= 0.6 is 22.7 Å². The fraction of sp³-hybridized carbons (Fsp3) is 0.480. The Hall–Kier alpha value is -2.45. The first kappa shape index (κ1) is 22.3. The van der Waals surface area contributed by atoms with Crippen molar-refractivity contribution in [3.05, 3.63) is 38.2 Å². The number of nitrogens with one attached hydrogen (secondary N) is 1. The van der Waals surface area contributed by atoms with Crippen LogP contribution in [-0.2, 0) is 30.4 Å². The molecule has 0 spiro atoms. The molecule has 8 heteroatoms. The summed E-state index contributed by atoms with van der Waals surface area (Å²) in [6, 6.07) is 2.14. The van der Waals surface area contributed by atoms with Gasteiger partial charge in [0.15, 0.2) is 0 Å². The number of nitrogens with two attached hydrogens (primary N) is 1. The summed E-state index contributed by atoms with van der Waals surface area (Å²) in [5.74, 6) is -0.681. The summed E-state index contributed by atoms with van der Waals surface area (Å²) in [5.41, 5.74) is 10.9. The number of rotatable bonds is 3. The molecule has 0 unspecified atom stereocenters. The van der Waals surface area contributed by atoms with E-state index in [2.05, 4.69) is 11.4 Å². The number of methoxy groups -OCH3 is 1. The molecule has 0 radical (unpaired) electrons. The summed E-state index contributed by atoms with van der Waals surface area (Å²) in [6.45, 7) is 0. The van der Waals surface area contributed by atoms with E-state index in [9.17, 15) is 9.59 Å². The molecule has 0 bridgehead atoms. The molecule has 5 rings (SSSR count). The van der Waals surface area contributed by atoms with Crippen LogP contribution in [0.3, 0.4) is 0 Å². The molecule has 6 nitrogen and oxygen atoms in total. The first-order chi connectivity index (χ1) is 16.1. The van der Waals surface area contributed by atoms with Gasteiger partial charge in [-0.3, -0.25) is 4.79 Å². The Labute approximate surface area is 201 Å². The first-order valence-corrected chi connectivity index (χ1v) is 13.4. The molecule has 0 saturated heterocycles. The molecule has 3 aromatic rings. The van der Waals surface area contributed by atoms with E-state index in [1.807, 2.05) is 0 Å². The van der Waals surface area contributed by atoms with Crippen LogP contribution in [0.2, 0.25) is 0 Å². The third-order valence-corrected chi connectivity index (χ3v) is 9.06. The van der Waals surface area contributed by atoms with Crippen molar-refractivity contribution in [1.29, 1.82) is 0 Å². The number of ether oxygens (including phenoxy) is 1. The lowest BCUT2D eigenvalue weighted by molar-refractivity contribution is 0.0601. The lowest BCUT2D eigenvalue weighted by atomic mass is 9.96. The average Bonchev–Trinajstić information content (AvgIpc) is 3.19. The minimum atomic E-state index is -0.393. The molecule has 1 amide bonds. The van der Waals surface area contributed by atoms with E-state index in [1.165, 1.54) is 53.1 Å². The van der Waals surface area contributed by atoms with Crippen LogP contribution < -0.4 is 11.1 Å². The number of amides is 1. The number of hydrogen-bond donors (Lipinski definition) is 2. The lowest BCUT2D eigenvalue weighted by Gasteiger charge is -2.12. The molecular formula is C25H29N3O3S2. The van der Waals surface area contributed by atoms with Gasteiger partial charge in [-0.15, -0.1) is 22.7 Å². The number of fused-ring (bicyclic) bond motifs is 3. The predicted molar refractivity (Wildman–Crippen MR) is 135 cm³/mol. The molecule has 3 heterocycles. The number of nitrogen functional groups attached to an aromatic ring is 1. The van der Waals surface area contributed by atoms with Gasteiger partial charge in [0, 0.05) is 16.0 Å². The predicted octanol–water partition coefficient (Wildman–Crippen LogP) is 5.91. The minimum Gasteiger partial charge on any atom is -0.465 e. The quantitative estimate of drug-likeness (QED) is 0.357. The maximum atomic E-state index is 13.3. The third kappa shape index (κ3) is 4.26. The van der Waals surface area contributed by atoms with Gasteiger partial charge in [-0.25, -0.2) is 9.78 Å². The molecule has 174 valence electrons. The number of nitrogens with zero attached hydrogens (tertiary/aromatic N) is 1. The third-order valence-electron chi connectivity index (χ3n) is 6.74. The highest BCUT2D eigenvalue weighted by atomic mass is 32.1. The van der Waals surface area contributed by atoms with Crippen LogP contribution in [-0.4, -0.2) is 24.0 Å². The van der Waals surface area contributed by atoms with E-state index in [1.54, 1.807) is 0 Å². The molecular weight excluding hydrogens is 454 g/mol. The van der Waals surface area contributed by atoms with Gasteiger partial charge in [-0.2, -0.15) is 0 Å². The van der Waals surface area contributed by atoms with E-state index in [0.717, 1.165) is 79.3 Å². The van der Waals surface area contributed by atoms with Gasteiger partial charge in [0.05, 0.1) is 18.4 Å². The van der Waals surface area contributed by atoms with Gasteiger partial charge in [-0.05, 0) is 68.6 Å². The van der Waals surface area contributed by atoms with Crippen LogP contribution in [0.25, 0.3) is 10.2 Å². The van der Waals surface area contributed by atoms with Gasteiger partial charge in [0.1, 0.15) is 14.7 Å². The highest BCUT2D eigenvalue weighted by molar-refractivity contribution is 7.21. The number of hydrogen-bond acceptors (Lipinski definition) is 7. The van der Waals surface area contributed by atoms with Gasteiger partial charge >= 0.3 is 5.97 Å². The Morgan fingerprint density at radius 1 is 1.00 bits per heavy atom. The molecule has 0 aliphatic heterocycles. The van der Waals surface area contributed by atoms with Crippen LogP contribution in [0, 0.1) is 0 Å². The molecule has 0 fully saturated rings. The fourth-order valence-corrected chi connectivity index (χ4v) is 7.25. The van der Waals surface area contributed by atoms with Crippen molar-refractivity contribution in [2.45, 2.75) is 70.6 Å². The summed E-state index contributed by atoms with van der Waals surface area (Å²) < 4.78 is 5.06. The number of pyridine rings is 1. The van der Waals surface area contributed by atoms with Crippen molar-refractivity contribution in [3.63, 3.8) is 0 Å². The number of carbonyl (C=O) groups excluding carboxylic acids is 2. The minimum absolute atomic E-state index is 0.288. The second kappa shape index (κ2) is 9.43. The zero-order valence-corrected chi connectivity index (χ0v) is 20.6. The summed E-state index contributed by atoms with van der Waals surface area (Å²) >= 11 is 2.83. The second-order valence-corrected chi connectivity index (χ2v) is 11.0. The number of aromatic nitrogens is 1. The summed E-state index contributed by atoms with van der Waals surface area (Å²) in [4.78, 5) is 33.3. The van der Waals surface area contributed by atoms with E-state index in [0.29, 0.717) is 21.1 Å². The highest BCUT2D eigenvalue weighted by Gasteiger charge is 2.28. The van der Waals surface area contributed by atoms with E-state index < -0.39 is 5.97 Å². The Bertz CT molecular complexity index is 1230. The summed E-state index contributed by atoms with van der Waals surface area (Å²) in [7, 11) is 1.39. The molecule has 2 aliphatic rings. The highest BCUT2D eigenvalue weighted by Crippen LogP contribution is 2.40. The van der Waals surface area contributed by atoms with Crippen molar-refractivity contribution in [3.8, 4) is 0 Å². The fourth-order valence-electron chi connectivity index (χ4n) is 4.99. The van der Waals surface area contributed by atoms with E-state index >= 15 is 0 Å². The van der Waals surface area contributed by atoms with Crippen LogP contribution in [0.5, 0.6) is 0 Å². The van der Waals surface area contributed by atoms with Crippen LogP contribution in [0.4, 0.5) is 10.7 Å². The van der Waals surface area contributed by atoms with Crippen LogP contribution in [0.15, 0.2) is 6.07 Å². The number of thiophene rings is 2. The lowest BCUT2D eigenvalue weighted by Crippen LogP contribution is -2.14. The Kier molecular flexibility index (Phi) is 6.38. The molecule has 3 aromatic heterocycles. The van der Waals surface area contributed by atoms with Gasteiger partial charge in [0.2, 0.25) is 0 Å². The number of esters is 1. The van der Waals surface area contributed by atoms with Crippen LogP contribution in [0.1, 0.15) is 86.7 Å². The SMILES string of the molecule is COC(=O)c1c(NC(=O)c2sc3nc4c(cc3c2N)CCCCCC4)sc2c1CCCCC2. The molecule has 3 N–H and O–H groups in total. The number of aryl methyl sites for hydroxylation is 3. The molecule has 33 heavy (non-hydrogen) atoms. The van der Waals surface area contributed by atoms with Crippen molar-refractivity contribution in [2.75, 3.05) is 18.2 Å². The number of anilines is 2. The van der Waals surface area contributed by atoms with Gasteiger partial charge < -0.3 is 15.8 Å². The van der Waals surface area contributed by atoms with Crippen molar-refractivity contribution < 1.29 is 14.3 Å². The zero-order chi connectivity index (χ0) is 22.9. The normalized spacial score (nSPS) is 16.3. The summed E-state index contributed by atoms with van der Waals surface area (Å²) in [6.07, 6.45) is 11.9. The standard InChI is InChI=1S/C25H29N3O3S2/c1-31-25(30)19-15-10-6-4-8-12-18(15)32-24(19)28-22(29)21-20(26)16-13-14-9-5-2-3-7-11-17(14)27-23(16)33-21/h13H,2-12,26H2,1H3,(H,28,29). The topological polar surface area (TPSA) is 94.3 Å². The zero-order valence-electron chi connectivity index (χ0n) is 18.9. The number of carbonyl (C=O) groups is 2. The average molecular weight is 484 g/mol. The molecule has 0 atom stereocenters. The van der Waals surface area contributed by atoms with E-state index in [-0.39, 0.29) is 5.91 Å². The molecule has 0 aromatic carbocycles. The Balaban J connectivity index is 1.49. The largest absolute Gasteiger partial charge is 0.465 e. The van der Waals surface area contributed by atoms with Gasteiger partial charge in [-0.1, -0.05) is 19.3 Å². The molecule has 0 saturated carbocycles. The smallest absolute Gasteiger partial charge is 0.341 e. The van der Waals surface area contributed by atoms with Crippen molar-refractivity contribution >= 4 is 55.5 Å². The van der Waals surface area contributed by atoms with Crippen molar-refractivity contribution in [2.24, 2.45) is 0 Å². The second-order valence-electron chi connectivity index (χ2n) is 8.92. The Morgan fingerprint density at radius 2 is 1.73 bits per heavy atom. The maximum Gasteiger partial charge on any atom is 0.341 e. The first-order valence-electron chi connectivity index (χ1n) is 11.8. The van der Waals surface area contributed by atoms with Crippen molar-refractivity contribution in [1.82, 2.24) is 4.98 Å². The van der Waals surface area contributed by atoms with E-state index in [4.69, 9.17) is 15.5 Å². The summed E-state index contributed by atoms with van der Waals surface area (Å²) in [5, 5.41) is 4.42.